The van der Waals surface area contributed by atoms with Crippen molar-refractivity contribution >= 4 is 0 Å². The number of nitrogens with two attached hydrogens (primary N) is 1. The molecule has 1 saturated heterocycles. The summed E-state index contributed by atoms with van der Waals surface area (Å²) >= 11 is 0. The van der Waals surface area contributed by atoms with Gasteiger partial charge in [0.25, 0.3) is 0 Å². The summed E-state index contributed by atoms with van der Waals surface area (Å²) in [6, 6.07) is 0.742. The summed E-state index contributed by atoms with van der Waals surface area (Å²) in [7, 11) is 2.22. The van der Waals surface area contributed by atoms with Crippen LogP contribution in [0.25, 0.3) is 0 Å². The molecule has 1 unspecified atom stereocenters. The number of piperidine rings is 1. The molecule has 0 aromatic heterocycles. The number of hydrogen-bond acceptors (Lipinski definition) is 3. The minimum atomic E-state index is 0.639. The van der Waals surface area contributed by atoms with Gasteiger partial charge in [-0.05, 0) is 32.9 Å². The summed E-state index contributed by atoms with van der Waals surface area (Å²) in [4.78, 5) is 2.45. The lowest BCUT2D eigenvalue weighted by molar-refractivity contribution is 0.0963. The van der Waals surface area contributed by atoms with Crippen molar-refractivity contribution in [3.8, 4) is 0 Å². The summed E-state index contributed by atoms with van der Waals surface area (Å²) in [6.07, 6.45) is 5.24. The van der Waals surface area contributed by atoms with E-state index in [-0.39, 0.29) is 0 Å². The molecule has 3 heteroatoms. The first-order chi connectivity index (χ1) is 6.34. The van der Waals surface area contributed by atoms with E-state index in [1.807, 2.05) is 0 Å². The van der Waals surface area contributed by atoms with Gasteiger partial charge in [-0.3, -0.25) is 0 Å². The summed E-state index contributed by atoms with van der Waals surface area (Å²) in [5.74, 6) is 0. The van der Waals surface area contributed by atoms with Crippen molar-refractivity contribution < 1.29 is 4.74 Å². The Balaban J connectivity index is 2.05. The van der Waals surface area contributed by atoms with Crippen LogP contribution in [0.3, 0.4) is 0 Å². The quantitative estimate of drug-likeness (QED) is 0.647. The van der Waals surface area contributed by atoms with Gasteiger partial charge in [0.1, 0.15) is 0 Å². The first-order valence-electron chi connectivity index (χ1n) is 5.32. The Labute approximate surface area is 81.2 Å². The standard InChI is InChI=1S/C10H22N2O/c1-12-7-3-2-4-10(12)5-8-13-9-6-11/h10H,2-9,11H2,1H3. The van der Waals surface area contributed by atoms with E-state index in [1.165, 1.54) is 25.8 Å². The zero-order valence-corrected chi connectivity index (χ0v) is 8.67. The molecule has 1 heterocycles. The minimum Gasteiger partial charge on any atom is -0.380 e. The van der Waals surface area contributed by atoms with Gasteiger partial charge in [0.15, 0.2) is 0 Å². The van der Waals surface area contributed by atoms with E-state index in [2.05, 4.69) is 11.9 Å². The van der Waals surface area contributed by atoms with Gasteiger partial charge in [-0.1, -0.05) is 6.42 Å². The van der Waals surface area contributed by atoms with Crippen molar-refractivity contribution in [1.82, 2.24) is 4.90 Å². The van der Waals surface area contributed by atoms with Crippen LogP contribution >= 0.6 is 0 Å². The van der Waals surface area contributed by atoms with E-state index in [4.69, 9.17) is 10.5 Å². The van der Waals surface area contributed by atoms with Gasteiger partial charge in [-0.2, -0.15) is 0 Å². The zero-order valence-electron chi connectivity index (χ0n) is 8.67. The molecule has 78 valence electrons. The molecule has 2 N–H and O–H groups in total. The van der Waals surface area contributed by atoms with E-state index >= 15 is 0 Å². The molecule has 0 saturated carbocycles. The number of likely N-dealkylation sites (tertiary alicyclic amines) is 1. The maximum absolute atomic E-state index is 5.38. The Morgan fingerprint density at radius 1 is 1.38 bits per heavy atom. The fraction of sp³-hybridized carbons (Fsp3) is 1.00. The molecule has 1 aliphatic rings. The van der Waals surface area contributed by atoms with E-state index in [0.29, 0.717) is 13.2 Å². The highest BCUT2D eigenvalue weighted by molar-refractivity contribution is 4.73. The van der Waals surface area contributed by atoms with Crippen LogP contribution in [-0.4, -0.2) is 44.3 Å². The highest BCUT2D eigenvalue weighted by Crippen LogP contribution is 2.17. The zero-order chi connectivity index (χ0) is 9.52. The van der Waals surface area contributed by atoms with Crippen molar-refractivity contribution in [2.24, 2.45) is 5.73 Å². The molecule has 1 rings (SSSR count). The predicted octanol–water partition coefficient (Wildman–Crippen LogP) is 0.836. The van der Waals surface area contributed by atoms with E-state index < -0.39 is 0 Å². The number of rotatable bonds is 5. The minimum absolute atomic E-state index is 0.639. The van der Waals surface area contributed by atoms with Gasteiger partial charge in [-0.15, -0.1) is 0 Å². The molecule has 3 nitrogen and oxygen atoms in total. The van der Waals surface area contributed by atoms with Crippen LogP contribution in [-0.2, 0) is 4.74 Å². The maximum atomic E-state index is 5.38. The number of nitrogens with zero attached hydrogens (tertiary/aromatic N) is 1. The van der Waals surface area contributed by atoms with Crippen molar-refractivity contribution in [3.05, 3.63) is 0 Å². The van der Waals surface area contributed by atoms with Crippen LogP contribution in [0.1, 0.15) is 25.7 Å². The Morgan fingerprint density at radius 3 is 2.92 bits per heavy atom. The lowest BCUT2D eigenvalue weighted by atomic mass is 10.0. The molecule has 0 aliphatic carbocycles. The number of ether oxygens (including phenoxy) is 1. The molecule has 1 atom stereocenters. The van der Waals surface area contributed by atoms with Gasteiger partial charge in [0, 0.05) is 19.2 Å². The fourth-order valence-corrected chi connectivity index (χ4v) is 1.91. The molecular formula is C10H22N2O. The largest absolute Gasteiger partial charge is 0.380 e. The lowest BCUT2D eigenvalue weighted by Gasteiger charge is -2.32. The predicted molar refractivity (Wildman–Crippen MR) is 54.8 cm³/mol. The van der Waals surface area contributed by atoms with Crippen molar-refractivity contribution in [2.45, 2.75) is 31.7 Å². The molecule has 13 heavy (non-hydrogen) atoms. The van der Waals surface area contributed by atoms with Crippen molar-refractivity contribution in [1.29, 1.82) is 0 Å². The van der Waals surface area contributed by atoms with Crippen LogP contribution in [0, 0.1) is 0 Å². The average Bonchev–Trinajstić information content (AvgIpc) is 2.15. The van der Waals surface area contributed by atoms with Crippen LogP contribution in [0.5, 0.6) is 0 Å². The second-order valence-corrected chi connectivity index (χ2v) is 3.82. The van der Waals surface area contributed by atoms with Gasteiger partial charge in [-0.25, -0.2) is 0 Å². The van der Waals surface area contributed by atoms with Crippen LogP contribution in [0.15, 0.2) is 0 Å². The summed E-state index contributed by atoms with van der Waals surface area (Å²) in [5.41, 5.74) is 5.34. The van der Waals surface area contributed by atoms with E-state index in [1.54, 1.807) is 0 Å². The molecule has 0 spiro atoms. The molecule has 1 fully saturated rings. The second-order valence-electron chi connectivity index (χ2n) is 3.82. The van der Waals surface area contributed by atoms with Crippen LogP contribution in [0.4, 0.5) is 0 Å². The molecule has 0 amide bonds. The molecule has 0 bridgehead atoms. The molecule has 0 aromatic rings. The summed E-state index contributed by atoms with van der Waals surface area (Å²) in [5, 5.41) is 0. The second kappa shape index (κ2) is 6.35. The molecular weight excluding hydrogens is 164 g/mol. The van der Waals surface area contributed by atoms with E-state index in [9.17, 15) is 0 Å². The Morgan fingerprint density at radius 2 is 2.23 bits per heavy atom. The summed E-state index contributed by atoms with van der Waals surface area (Å²) < 4.78 is 5.38. The highest BCUT2D eigenvalue weighted by atomic mass is 16.5. The fourth-order valence-electron chi connectivity index (χ4n) is 1.91. The molecule has 0 radical (unpaired) electrons. The maximum Gasteiger partial charge on any atom is 0.0588 e. The first kappa shape index (κ1) is 11.0. The third-order valence-electron chi connectivity index (χ3n) is 2.78. The first-order valence-corrected chi connectivity index (χ1v) is 5.32. The van der Waals surface area contributed by atoms with E-state index in [0.717, 1.165) is 19.1 Å². The summed E-state index contributed by atoms with van der Waals surface area (Å²) in [6.45, 7) is 3.46. The topological polar surface area (TPSA) is 38.5 Å². The van der Waals surface area contributed by atoms with Crippen molar-refractivity contribution in [2.75, 3.05) is 33.4 Å². The lowest BCUT2D eigenvalue weighted by Crippen LogP contribution is -2.37. The normalized spacial score (nSPS) is 24.9. The SMILES string of the molecule is CN1CCCCC1CCOCCN. The number of hydrogen-bond donors (Lipinski definition) is 1. The van der Waals surface area contributed by atoms with Crippen LogP contribution < -0.4 is 5.73 Å². The van der Waals surface area contributed by atoms with Gasteiger partial charge in [0.2, 0.25) is 0 Å². The highest BCUT2D eigenvalue weighted by Gasteiger charge is 2.17. The van der Waals surface area contributed by atoms with Gasteiger partial charge in [0.05, 0.1) is 6.61 Å². The van der Waals surface area contributed by atoms with Crippen LogP contribution in [0.2, 0.25) is 0 Å². The molecule has 1 aliphatic heterocycles. The van der Waals surface area contributed by atoms with Gasteiger partial charge < -0.3 is 15.4 Å². The average molecular weight is 186 g/mol. The smallest absolute Gasteiger partial charge is 0.0588 e. The third kappa shape index (κ3) is 4.07. The Kier molecular flexibility index (Phi) is 5.35. The molecule has 0 aromatic carbocycles. The Hall–Kier alpha value is -0.120. The monoisotopic (exact) mass is 186 g/mol. The van der Waals surface area contributed by atoms with Crippen molar-refractivity contribution in [3.63, 3.8) is 0 Å². The van der Waals surface area contributed by atoms with Gasteiger partial charge >= 0.3 is 0 Å². The third-order valence-corrected chi connectivity index (χ3v) is 2.78. The Bertz CT molecular complexity index is 130.